The number of nitrogens with zero attached hydrogens (tertiary/aromatic N) is 1. The topological polar surface area (TPSA) is 38.8 Å². The first-order valence-electron chi connectivity index (χ1n) is 8.38. The minimum Gasteiger partial charge on any atom is -0.490 e. The summed E-state index contributed by atoms with van der Waals surface area (Å²) in [6.45, 7) is 2.50. The van der Waals surface area contributed by atoms with E-state index in [4.69, 9.17) is 9.47 Å². The Morgan fingerprint density at radius 3 is 2.50 bits per heavy atom. The van der Waals surface area contributed by atoms with Crippen LogP contribution in [0.1, 0.15) is 30.5 Å². The third-order valence-corrected chi connectivity index (χ3v) is 4.46. The van der Waals surface area contributed by atoms with Crippen LogP contribution in [0.25, 0.3) is 0 Å². The van der Waals surface area contributed by atoms with Crippen LogP contribution in [0.5, 0.6) is 11.5 Å². The van der Waals surface area contributed by atoms with Gasteiger partial charge in [0.15, 0.2) is 18.1 Å². The molecule has 0 aromatic heterocycles. The summed E-state index contributed by atoms with van der Waals surface area (Å²) in [5.74, 6) is 1.25. The van der Waals surface area contributed by atoms with Crippen LogP contribution >= 0.6 is 0 Å². The van der Waals surface area contributed by atoms with Gasteiger partial charge in [-0.3, -0.25) is 4.79 Å². The molecule has 2 aromatic carbocycles. The molecular weight excluding hydrogens is 302 g/mol. The fourth-order valence-corrected chi connectivity index (χ4v) is 3.20. The maximum Gasteiger partial charge on any atom is 0.260 e. The molecule has 1 atom stereocenters. The van der Waals surface area contributed by atoms with E-state index in [1.807, 2.05) is 44.3 Å². The molecule has 0 saturated carbocycles. The molecule has 0 radical (unpaired) electrons. The van der Waals surface area contributed by atoms with Crippen LogP contribution in [0.4, 0.5) is 0 Å². The molecule has 4 nitrogen and oxygen atoms in total. The Morgan fingerprint density at radius 2 is 1.75 bits per heavy atom. The smallest absolute Gasteiger partial charge is 0.260 e. The Labute approximate surface area is 143 Å². The number of benzene rings is 2. The molecule has 0 fully saturated rings. The Bertz CT molecular complexity index is 714. The highest BCUT2D eigenvalue weighted by atomic mass is 16.5. The number of hydrogen-bond donors (Lipinski definition) is 0. The van der Waals surface area contributed by atoms with Crippen LogP contribution in [0.2, 0.25) is 0 Å². The second kappa shape index (κ2) is 7.39. The van der Waals surface area contributed by atoms with E-state index in [9.17, 15) is 4.79 Å². The molecule has 1 amide bonds. The van der Waals surface area contributed by atoms with Gasteiger partial charge in [0, 0.05) is 7.05 Å². The molecule has 0 N–H and O–H groups in total. The van der Waals surface area contributed by atoms with Gasteiger partial charge < -0.3 is 14.4 Å². The first kappa shape index (κ1) is 16.4. The summed E-state index contributed by atoms with van der Waals surface area (Å²) < 4.78 is 11.2. The maximum absolute atomic E-state index is 12.5. The quantitative estimate of drug-likeness (QED) is 0.814. The van der Waals surface area contributed by atoms with E-state index in [1.165, 1.54) is 11.1 Å². The monoisotopic (exact) mass is 325 g/mol. The van der Waals surface area contributed by atoms with Gasteiger partial charge in [-0.1, -0.05) is 36.4 Å². The Morgan fingerprint density at radius 1 is 1.08 bits per heavy atom. The van der Waals surface area contributed by atoms with Crippen molar-refractivity contribution in [2.75, 3.05) is 20.3 Å². The van der Waals surface area contributed by atoms with Crippen molar-refractivity contribution in [3.05, 3.63) is 59.7 Å². The predicted molar refractivity (Wildman–Crippen MR) is 93.4 cm³/mol. The van der Waals surface area contributed by atoms with Gasteiger partial charge in [0.2, 0.25) is 0 Å². The standard InChI is InChI=1S/C20H23NO3/c1-3-23-18-10-6-7-11-19(18)24-14-20(22)21(2)17-13-12-15-8-4-5-9-16(15)17/h4-11,17H,3,12-14H2,1-2H3. The van der Waals surface area contributed by atoms with E-state index < -0.39 is 0 Å². The molecule has 1 unspecified atom stereocenters. The highest BCUT2D eigenvalue weighted by Crippen LogP contribution is 2.35. The van der Waals surface area contributed by atoms with E-state index in [1.54, 1.807) is 4.90 Å². The molecule has 0 bridgehead atoms. The van der Waals surface area contributed by atoms with Crippen LogP contribution in [0, 0.1) is 0 Å². The van der Waals surface area contributed by atoms with Crippen molar-refractivity contribution in [3.63, 3.8) is 0 Å². The molecule has 0 aliphatic heterocycles. The number of amides is 1. The number of ether oxygens (including phenoxy) is 2. The van der Waals surface area contributed by atoms with Crippen molar-refractivity contribution >= 4 is 5.91 Å². The minimum atomic E-state index is -0.0250. The molecule has 24 heavy (non-hydrogen) atoms. The van der Waals surface area contributed by atoms with E-state index in [2.05, 4.69) is 18.2 Å². The van der Waals surface area contributed by atoms with Crippen molar-refractivity contribution < 1.29 is 14.3 Å². The number of aryl methyl sites for hydroxylation is 1. The van der Waals surface area contributed by atoms with Gasteiger partial charge in [-0.15, -0.1) is 0 Å². The largest absolute Gasteiger partial charge is 0.490 e. The summed E-state index contributed by atoms with van der Waals surface area (Å²) in [4.78, 5) is 14.3. The van der Waals surface area contributed by atoms with E-state index in [-0.39, 0.29) is 18.6 Å². The van der Waals surface area contributed by atoms with Crippen molar-refractivity contribution in [2.45, 2.75) is 25.8 Å². The predicted octanol–water partition coefficient (Wildman–Crippen LogP) is 3.61. The molecule has 3 rings (SSSR count). The number of carbonyl (C=O) groups is 1. The lowest BCUT2D eigenvalue weighted by Gasteiger charge is -2.25. The summed E-state index contributed by atoms with van der Waals surface area (Å²) in [5, 5.41) is 0. The zero-order valence-electron chi connectivity index (χ0n) is 14.2. The van der Waals surface area contributed by atoms with Gasteiger partial charge in [0.05, 0.1) is 12.6 Å². The average molecular weight is 325 g/mol. The number of carbonyl (C=O) groups excluding carboxylic acids is 1. The third kappa shape index (κ3) is 3.37. The Balaban J connectivity index is 1.64. The van der Waals surface area contributed by atoms with Crippen molar-refractivity contribution in [2.24, 2.45) is 0 Å². The molecule has 1 aliphatic rings. The number of rotatable bonds is 6. The Hall–Kier alpha value is -2.49. The van der Waals surface area contributed by atoms with Crippen molar-refractivity contribution in [3.8, 4) is 11.5 Å². The van der Waals surface area contributed by atoms with E-state index in [0.717, 1.165) is 12.8 Å². The molecule has 4 heteroatoms. The van der Waals surface area contributed by atoms with Crippen molar-refractivity contribution in [1.29, 1.82) is 0 Å². The van der Waals surface area contributed by atoms with Gasteiger partial charge >= 0.3 is 0 Å². The van der Waals surface area contributed by atoms with Crippen LogP contribution in [-0.4, -0.2) is 31.1 Å². The van der Waals surface area contributed by atoms with Crippen LogP contribution in [-0.2, 0) is 11.2 Å². The number of likely N-dealkylation sites (N-methyl/N-ethyl adjacent to an activating group) is 1. The first-order chi connectivity index (χ1) is 11.7. The zero-order valence-corrected chi connectivity index (χ0v) is 14.2. The number of hydrogen-bond acceptors (Lipinski definition) is 3. The fraction of sp³-hybridized carbons (Fsp3) is 0.350. The maximum atomic E-state index is 12.5. The summed E-state index contributed by atoms with van der Waals surface area (Å²) >= 11 is 0. The van der Waals surface area contributed by atoms with Crippen LogP contribution in [0.15, 0.2) is 48.5 Å². The second-order valence-corrected chi connectivity index (χ2v) is 5.93. The van der Waals surface area contributed by atoms with Gasteiger partial charge in [0.25, 0.3) is 5.91 Å². The molecule has 1 aliphatic carbocycles. The fourth-order valence-electron chi connectivity index (χ4n) is 3.20. The molecule has 0 saturated heterocycles. The third-order valence-electron chi connectivity index (χ3n) is 4.46. The van der Waals surface area contributed by atoms with Gasteiger partial charge in [-0.2, -0.15) is 0 Å². The second-order valence-electron chi connectivity index (χ2n) is 5.93. The SMILES string of the molecule is CCOc1ccccc1OCC(=O)N(C)C1CCc2ccccc21. The molecule has 2 aromatic rings. The van der Waals surface area contributed by atoms with Crippen molar-refractivity contribution in [1.82, 2.24) is 4.90 Å². The van der Waals surface area contributed by atoms with E-state index >= 15 is 0 Å². The molecule has 126 valence electrons. The average Bonchev–Trinajstić information content (AvgIpc) is 3.04. The highest BCUT2D eigenvalue weighted by molar-refractivity contribution is 5.78. The van der Waals surface area contributed by atoms with E-state index in [0.29, 0.717) is 18.1 Å². The summed E-state index contributed by atoms with van der Waals surface area (Å²) in [6, 6.07) is 15.9. The van der Waals surface area contributed by atoms with Crippen LogP contribution < -0.4 is 9.47 Å². The first-order valence-corrected chi connectivity index (χ1v) is 8.38. The summed E-state index contributed by atoms with van der Waals surface area (Å²) in [5.41, 5.74) is 2.59. The van der Waals surface area contributed by atoms with Crippen LogP contribution in [0.3, 0.4) is 0 Å². The summed E-state index contributed by atoms with van der Waals surface area (Å²) in [7, 11) is 1.85. The lowest BCUT2D eigenvalue weighted by Crippen LogP contribution is -2.34. The molecule has 0 heterocycles. The molecule has 0 spiro atoms. The number of para-hydroxylation sites is 2. The van der Waals surface area contributed by atoms with Gasteiger partial charge in [-0.05, 0) is 43.0 Å². The zero-order chi connectivity index (χ0) is 16.9. The molecular formula is C20H23NO3. The van der Waals surface area contributed by atoms with Gasteiger partial charge in [-0.25, -0.2) is 0 Å². The highest BCUT2D eigenvalue weighted by Gasteiger charge is 2.28. The minimum absolute atomic E-state index is 0.0131. The lowest BCUT2D eigenvalue weighted by molar-refractivity contribution is -0.134. The lowest BCUT2D eigenvalue weighted by atomic mass is 10.1. The van der Waals surface area contributed by atoms with Gasteiger partial charge in [0.1, 0.15) is 0 Å². The summed E-state index contributed by atoms with van der Waals surface area (Å²) in [6.07, 6.45) is 1.99. The normalized spacial score (nSPS) is 15.7. The Kier molecular flexibility index (Phi) is 5.04. The number of fused-ring (bicyclic) bond motifs is 1.